The summed E-state index contributed by atoms with van der Waals surface area (Å²) in [4.78, 5) is 16.4. The van der Waals surface area contributed by atoms with E-state index < -0.39 is 0 Å². The van der Waals surface area contributed by atoms with Crippen LogP contribution in [0.15, 0.2) is 42.5 Å². The zero-order valence-electron chi connectivity index (χ0n) is 19.7. The first-order chi connectivity index (χ1) is 15.7. The Balaban J connectivity index is 1.53. The number of likely N-dealkylation sites (N-methyl/N-ethyl adjacent to an activating group) is 1. The van der Waals surface area contributed by atoms with Gasteiger partial charge in [-0.1, -0.05) is 32.4 Å². The van der Waals surface area contributed by atoms with Crippen LogP contribution in [0.3, 0.4) is 0 Å². The Morgan fingerprint density at radius 3 is 2.28 bits per heavy atom. The number of nitrogens with zero attached hydrogens (tertiary/aromatic N) is 2. The lowest BCUT2D eigenvalue weighted by Gasteiger charge is -2.26. The largest absolute Gasteiger partial charge is 0.492 e. The number of hydrogen-bond donors (Lipinski definition) is 0. The van der Waals surface area contributed by atoms with Crippen molar-refractivity contribution in [1.82, 2.24) is 9.80 Å². The van der Waals surface area contributed by atoms with Crippen molar-refractivity contribution in [2.24, 2.45) is 0 Å². The molecule has 174 valence electrons. The molecule has 0 amide bonds. The first-order valence-electron chi connectivity index (χ1n) is 12.1. The molecule has 0 aliphatic carbocycles. The van der Waals surface area contributed by atoms with E-state index in [1.165, 1.54) is 32.4 Å². The van der Waals surface area contributed by atoms with E-state index in [4.69, 9.17) is 9.47 Å². The molecule has 1 aliphatic rings. The molecule has 0 unspecified atom stereocenters. The fourth-order valence-electron chi connectivity index (χ4n) is 4.17. The minimum absolute atomic E-state index is 0.680. The number of benzene rings is 2. The summed E-state index contributed by atoms with van der Waals surface area (Å²) < 4.78 is 11.9. The van der Waals surface area contributed by atoms with Gasteiger partial charge in [-0.05, 0) is 86.9 Å². The lowest BCUT2D eigenvalue weighted by molar-refractivity contribution is 0.112. The molecule has 1 fully saturated rings. The Kier molecular flexibility index (Phi) is 10.0. The smallest absolute Gasteiger partial charge is 0.150 e. The Labute approximate surface area is 193 Å². The standard InChI is InChI=1S/C27H38N2O3/c1-3-28(4-2)16-18-31-26-11-8-23(9-12-26)20-25-21-27(13-10-24(25)22-30)32-19-17-29-14-6-5-7-15-29/h8-13,21-22H,3-7,14-20H2,1-2H3. The zero-order valence-corrected chi connectivity index (χ0v) is 19.7. The minimum Gasteiger partial charge on any atom is -0.492 e. The molecule has 2 aromatic carbocycles. The first-order valence-corrected chi connectivity index (χ1v) is 12.1. The molecular weight excluding hydrogens is 400 g/mol. The van der Waals surface area contributed by atoms with Crippen molar-refractivity contribution >= 4 is 6.29 Å². The SMILES string of the molecule is CCN(CC)CCOc1ccc(Cc2cc(OCCN3CCCCC3)ccc2C=O)cc1. The molecule has 0 aromatic heterocycles. The van der Waals surface area contributed by atoms with Gasteiger partial charge in [0.15, 0.2) is 0 Å². The average molecular weight is 439 g/mol. The van der Waals surface area contributed by atoms with Gasteiger partial charge < -0.3 is 14.4 Å². The number of piperidine rings is 1. The highest BCUT2D eigenvalue weighted by Crippen LogP contribution is 2.22. The van der Waals surface area contributed by atoms with E-state index in [9.17, 15) is 4.79 Å². The van der Waals surface area contributed by atoms with Gasteiger partial charge in [-0.3, -0.25) is 9.69 Å². The fourth-order valence-corrected chi connectivity index (χ4v) is 4.17. The van der Waals surface area contributed by atoms with Crippen molar-refractivity contribution in [1.29, 1.82) is 0 Å². The quantitative estimate of drug-likeness (QED) is 0.425. The number of ether oxygens (including phenoxy) is 2. The van der Waals surface area contributed by atoms with Crippen molar-refractivity contribution in [3.8, 4) is 11.5 Å². The van der Waals surface area contributed by atoms with Crippen LogP contribution in [0.1, 0.15) is 54.6 Å². The molecule has 1 aliphatic heterocycles. The highest BCUT2D eigenvalue weighted by Gasteiger charge is 2.10. The molecule has 32 heavy (non-hydrogen) atoms. The van der Waals surface area contributed by atoms with Crippen LogP contribution in [-0.2, 0) is 6.42 Å². The van der Waals surface area contributed by atoms with Crippen LogP contribution in [0.4, 0.5) is 0 Å². The van der Waals surface area contributed by atoms with Gasteiger partial charge in [-0.2, -0.15) is 0 Å². The molecular formula is C27H38N2O3. The molecule has 0 atom stereocenters. The topological polar surface area (TPSA) is 42.0 Å². The van der Waals surface area contributed by atoms with Gasteiger partial charge in [-0.15, -0.1) is 0 Å². The third-order valence-electron chi connectivity index (χ3n) is 6.25. The molecule has 1 heterocycles. The van der Waals surface area contributed by atoms with Gasteiger partial charge in [0.25, 0.3) is 0 Å². The maximum atomic E-state index is 11.6. The number of carbonyl (C=O) groups excluding carboxylic acids is 1. The van der Waals surface area contributed by atoms with Crippen LogP contribution in [-0.4, -0.2) is 68.6 Å². The summed E-state index contributed by atoms with van der Waals surface area (Å²) in [6, 6.07) is 13.9. The second-order valence-electron chi connectivity index (χ2n) is 8.43. The number of aldehydes is 1. The second-order valence-corrected chi connectivity index (χ2v) is 8.43. The lowest BCUT2D eigenvalue weighted by Crippen LogP contribution is -2.33. The predicted octanol–water partition coefficient (Wildman–Crippen LogP) is 4.68. The molecule has 1 saturated heterocycles. The van der Waals surface area contributed by atoms with E-state index in [-0.39, 0.29) is 0 Å². The van der Waals surface area contributed by atoms with Gasteiger partial charge >= 0.3 is 0 Å². The van der Waals surface area contributed by atoms with Crippen LogP contribution >= 0.6 is 0 Å². The van der Waals surface area contributed by atoms with E-state index in [1.807, 2.05) is 30.3 Å². The zero-order chi connectivity index (χ0) is 22.6. The van der Waals surface area contributed by atoms with Crippen LogP contribution in [0.2, 0.25) is 0 Å². The third-order valence-corrected chi connectivity index (χ3v) is 6.25. The van der Waals surface area contributed by atoms with E-state index in [1.54, 1.807) is 0 Å². The molecule has 0 N–H and O–H groups in total. The molecule has 2 aromatic rings. The molecule has 0 spiro atoms. The van der Waals surface area contributed by atoms with E-state index in [0.717, 1.165) is 55.1 Å². The summed E-state index contributed by atoms with van der Waals surface area (Å²) in [5.41, 5.74) is 2.85. The van der Waals surface area contributed by atoms with Gasteiger partial charge in [0.2, 0.25) is 0 Å². The molecule has 0 saturated carbocycles. The molecule has 0 bridgehead atoms. The summed E-state index contributed by atoms with van der Waals surface area (Å²) in [7, 11) is 0. The average Bonchev–Trinajstić information content (AvgIpc) is 2.84. The summed E-state index contributed by atoms with van der Waals surface area (Å²) in [6.07, 6.45) is 5.54. The van der Waals surface area contributed by atoms with Crippen LogP contribution < -0.4 is 9.47 Å². The third kappa shape index (κ3) is 7.64. The van der Waals surface area contributed by atoms with Crippen LogP contribution in [0, 0.1) is 0 Å². The minimum atomic E-state index is 0.680. The summed E-state index contributed by atoms with van der Waals surface area (Å²) >= 11 is 0. The van der Waals surface area contributed by atoms with E-state index >= 15 is 0 Å². The Morgan fingerprint density at radius 1 is 0.906 bits per heavy atom. The predicted molar refractivity (Wildman–Crippen MR) is 130 cm³/mol. The first kappa shape index (κ1) is 24.3. The Morgan fingerprint density at radius 2 is 1.59 bits per heavy atom. The van der Waals surface area contributed by atoms with Crippen molar-refractivity contribution < 1.29 is 14.3 Å². The van der Waals surface area contributed by atoms with E-state index in [2.05, 4.69) is 35.8 Å². The highest BCUT2D eigenvalue weighted by atomic mass is 16.5. The van der Waals surface area contributed by atoms with Gasteiger partial charge in [0, 0.05) is 18.7 Å². The fraction of sp³-hybridized carbons (Fsp3) is 0.519. The van der Waals surface area contributed by atoms with Crippen LogP contribution in [0.5, 0.6) is 11.5 Å². The lowest BCUT2D eigenvalue weighted by atomic mass is 10.00. The van der Waals surface area contributed by atoms with Gasteiger partial charge in [-0.25, -0.2) is 0 Å². The van der Waals surface area contributed by atoms with E-state index in [0.29, 0.717) is 25.2 Å². The number of likely N-dealkylation sites (tertiary alicyclic amines) is 1. The van der Waals surface area contributed by atoms with Crippen molar-refractivity contribution in [3.05, 3.63) is 59.2 Å². The normalized spacial score (nSPS) is 14.5. The molecule has 0 radical (unpaired) electrons. The second kappa shape index (κ2) is 13.2. The number of hydrogen-bond acceptors (Lipinski definition) is 5. The monoisotopic (exact) mass is 438 g/mol. The van der Waals surface area contributed by atoms with Crippen LogP contribution in [0.25, 0.3) is 0 Å². The van der Waals surface area contributed by atoms with Gasteiger partial charge in [0.05, 0.1) is 0 Å². The summed E-state index contributed by atoms with van der Waals surface area (Å²) in [6.45, 7) is 12.0. The molecule has 5 nitrogen and oxygen atoms in total. The summed E-state index contributed by atoms with van der Waals surface area (Å²) in [5.74, 6) is 1.71. The van der Waals surface area contributed by atoms with Gasteiger partial charge in [0.1, 0.15) is 31.0 Å². The summed E-state index contributed by atoms with van der Waals surface area (Å²) in [5, 5.41) is 0. The number of carbonyl (C=O) groups is 1. The van der Waals surface area contributed by atoms with Crippen molar-refractivity contribution in [2.45, 2.75) is 39.5 Å². The Hall–Kier alpha value is -2.37. The maximum Gasteiger partial charge on any atom is 0.150 e. The highest BCUT2D eigenvalue weighted by molar-refractivity contribution is 5.78. The Bertz CT molecular complexity index is 812. The molecule has 3 rings (SSSR count). The number of rotatable bonds is 13. The maximum absolute atomic E-state index is 11.6. The molecule has 5 heteroatoms. The van der Waals surface area contributed by atoms with Crippen molar-refractivity contribution in [3.63, 3.8) is 0 Å². The van der Waals surface area contributed by atoms with Crippen molar-refractivity contribution in [2.75, 3.05) is 52.5 Å².